The zero-order valence-corrected chi connectivity index (χ0v) is 18.5. The van der Waals surface area contributed by atoms with Gasteiger partial charge in [0.1, 0.15) is 5.75 Å². The predicted octanol–water partition coefficient (Wildman–Crippen LogP) is 5.45. The van der Waals surface area contributed by atoms with Crippen LogP contribution in [0, 0.1) is 24.7 Å². The van der Waals surface area contributed by atoms with Crippen LogP contribution in [0.3, 0.4) is 0 Å². The molecule has 1 N–H and O–H groups in total. The number of methoxy groups -OCH3 is 1. The summed E-state index contributed by atoms with van der Waals surface area (Å²) in [7, 11) is 1.66. The lowest BCUT2D eigenvalue weighted by Crippen LogP contribution is -2.37. The summed E-state index contributed by atoms with van der Waals surface area (Å²) in [4.78, 5) is 11.6. The van der Waals surface area contributed by atoms with Crippen LogP contribution in [0.15, 0.2) is 42.5 Å². The third-order valence-electron chi connectivity index (χ3n) is 6.59. The van der Waals surface area contributed by atoms with Crippen LogP contribution in [0.5, 0.6) is 17.2 Å². The molecular formula is C26H32O5. The minimum absolute atomic E-state index is 0.0619. The van der Waals surface area contributed by atoms with Gasteiger partial charge in [-0.05, 0) is 85.8 Å². The second-order valence-electron chi connectivity index (χ2n) is 9.11. The van der Waals surface area contributed by atoms with Gasteiger partial charge < -0.3 is 19.3 Å². The first-order chi connectivity index (χ1) is 14.9. The van der Waals surface area contributed by atoms with E-state index in [0.717, 1.165) is 54.1 Å². The molecule has 0 saturated heterocycles. The molecule has 0 aromatic heterocycles. The summed E-state index contributed by atoms with van der Waals surface area (Å²) < 4.78 is 17.6. The Labute approximate surface area is 184 Å². The molecule has 0 heterocycles. The molecule has 5 nitrogen and oxygen atoms in total. The lowest BCUT2D eigenvalue weighted by Gasteiger charge is -2.35. The van der Waals surface area contributed by atoms with Crippen molar-refractivity contribution in [2.45, 2.75) is 51.6 Å². The summed E-state index contributed by atoms with van der Waals surface area (Å²) in [5.74, 6) is 2.28. The second-order valence-corrected chi connectivity index (χ2v) is 9.11. The maximum Gasteiger partial charge on any atom is 0.306 e. The Morgan fingerprint density at radius 2 is 1.90 bits per heavy atom. The Kier molecular flexibility index (Phi) is 6.40. The minimum atomic E-state index is -0.728. The number of carboxylic acids is 1. The van der Waals surface area contributed by atoms with Crippen molar-refractivity contribution in [1.29, 1.82) is 0 Å². The molecule has 0 radical (unpaired) electrons. The van der Waals surface area contributed by atoms with E-state index in [1.165, 1.54) is 0 Å². The van der Waals surface area contributed by atoms with Crippen molar-refractivity contribution >= 4 is 5.97 Å². The highest BCUT2D eigenvalue weighted by Gasteiger charge is 2.38. The standard InChI is InChI=1S/C26H32O5/c1-16-7-10-23(29-3)24(11-16)31-22-12-18(13-22)15-30-21-6-4-5-20(14-21)25(19-8-9-19)17(2)26(27)28/h4-7,10-11,14,17-19,22,25H,8-9,12-13,15H2,1-3H3,(H,27,28)/t17-,18?,22?,25?/m0/s1. The van der Waals surface area contributed by atoms with Gasteiger partial charge in [0, 0.05) is 0 Å². The van der Waals surface area contributed by atoms with E-state index in [1.807, 2.05) is 56.3 Å². The van der Waals surface area contributed by atoms with Crippen LogP contribution in [0.4, 0.5) is 0 Å². The van der Waals surface area contributed by atoms with E-state index in [2.05, 4.69) is 0 Å². The number of hydrogen-bond donors (Lipinski definition) is 1. The molecule has 2 aliphatic carbocycles. The average molecular weight is 425 g/mol. The van der Waals surface area contributed by atoms with Gasteiger partial charge in [-0.3, -0.25) is 4.79 Å². The highest BCUT2D eigenvalue weighted by molar-refractivity contribution is 5.71. The molecule has 0 aliphatic heterocycles. The van der Waals surface area contributed by atoms with E-state index in [-0.39, 0.29) is 17.9 Å². The number of carboxylic acid groups (broad SMARTS) is 1. The molecule has 2 aliphatic rings. The number of rotatable bonds is 10. The van der Waals surface area contributed by atoms with Gasteiger partial charge in [0.15, 0.2) is 11.5 Å². The summed E-state index contributed by atoms with van der Waals surface area (Å²) in [5.41, 5.74) is 2.23. The van der Waals surface area contributed by atoms with Crippen molar-refractivity contribution in [3.63, 3.8) is 0 Å². The molecule has 0 spiro atoms. The third-order valence-corrected chi connectivity index (χ3v) is 6.59. The minimum Gasteiger partial charge on any atom is -0.493 e. The molecular weight excluding hydrogens is 392 g/mol. The van der Waals surface area contributed by atoms with E-state index in [0.29, 0.717) is 18.4 Å². The maximum absolute atomic E-state index is 11.6. The van der Waals surface area contributed by atoms with Gasteiger partial charge in [-0.25, -0.2) is 0 Å². The zero-order valence-electron chi connectivity index (χ0n) is 18.5. The number of benzene rings is 2. The number of hydrogen-bond acceptors (Lipinski definition) is 4. The summed E-state index contributed by atoms with van der Waals surface area (Å²) in [6.07, 6.45) is 4.33. The molecule has 2 fully saturated rings. The molecule has 2 atom stereocenters. The first-order valence-electron chi connectivity index (χ1n) is 11.2. The summed E-state index contributed by atoms with van der Waals surface area (Å²) in [6.45, 7) is 4.51. The first-order valence-corrected chi connectivity index (χ1v) is 11.2. The van der Waals surface area contributed by atoms with Crippen molar-refractivity contribution in [2.75, 3.05) is 13.7 Å². The van der Waals surface area contributed by atoms with E-state index in [1.54, 1.807) is 7.11 Å². The van der Waals surface area contributed by atoms with Crippen LogP contribution >= 0.6 is 0 Å². The SMILES string of the molecule is COc1ccc(C)cc1OC1CC(COc2cccc(C(C3CC3)[C@H](C)C(=O)O)c2)C1. The fraction of sp³-hybridized carbons (Fsp3) is 0.500. The van der Waals surface area contributed by atoms with Crippen molar-refractivity contribution in [3.8, 4) is 17.2 Å². The van der Waals surface area contributed by atoms with Crippen LogP contribution in [0.2, 0.25) is 0 Å². The van der Waals surface area contributed by atoms with Crippen LogP contribution < -0.4 is 14.2 Å². The average Bonchev–Trinajstić information content (AvgIpc) is 3.55. The number of ether oxygens (including phenoxy) is 3. The third kappa shape index (κ3) is 5.15. The van der Waals surface area contributed by atoms with Gasteiger partial charge in [0.2, 0.25) is 0 Å². The lowest BCUT2D eigenvalue weighted by molar-refractivity contribution is -0.142. The van der Waals surface area contributed by atoms with Gasteiger partial charge in [-0.15, -0.1) is 0 Å². The van der Waals surface area contributed by atoms with Crippen LogP contribution in [-0.2, 0) is 4.79 Å². The monoisotopic (exact) mass is 424 g/mol. The van der Waals surface area contributed by atoms with E-state index in [9.17, 15) is 9.90 Å². The predicted molar refractivity (Wildman–Crippen MR) is 119 cm³/mol. The van der Waals surface area contributed by atoms with Crippen molar-refractivity contribution in [2.24, 2.45) is 17.8 Å². The number of carbonyl (C=O) groups is 1. The molecule has 0 amide bonds. The largest absolute Gasteiger partial charge is 0.493 e. The maximum atomic E-state index is 11.6. The number of aryl methyl sites for hydroxylation is 1. The highest BCUT2D eigenvalue weighted by Crippen LogP contribution is 2.47. The molecule has 166 valence electrons. The Bertz CT molecular complexity index is 914. The molecule has 5 heteroatoms. The lowest BCUT2D eigenvalue weighted by atomic mass is 9.82. The molecule has 2 saturated carbocycles. The fourth-order valence-corrected chi connectivity index (χ4v) is 4.57. The quantitative estimate of drug-likeness (QED) is 0.549. The first kappa shape index (κ1) is 21.5. The van der Waals surface area contributed by atoms with Gasteiger partial charge in [0.05, 0.1) is 25.7 Å². The van der Waals surface area contributed by atoms with Gasteiger partial charge in [-0.2, -0.15) is 0 Å². The summed E-state index contributed by atoms with van der Waals surface area (Å²) >= 11 is 0. The molecule has 1 unspecified atom stereocenters. The van der Waals surface area contributed by atoms with E-state index in [4.69, 9.17) is 14.2 Å². The Morgan fingerprint density at radius 3 is 2.58 bits per heavy atom. The highest BCUT2D eigenvalue weighted by atomic mass is 16.5. The Morgan fingerprint density at radius 1 is 1.13 bits per heavy atom. The normalized spacial score (nSPS) is 22.2. The summed E-state index contributed by atoms with van der Waals surface area (Å²) in [5, 5.41) is 9.50. The van der Waals surface area contributed by atoms with E-state index < -0.39 is 5.97 Å². The fourth-order valence-electron chi connectivity index (χ4n) is 4.57. The molecule has 2 aromatic rings. The van der Waals surface area contributed by atoms with Crippen LogP contribution in [-0.4, -0.2) is 30.9 Å². The topological polar surface area (TPSA) is 65.0 Å². The van der Waals surface area contributed by atoms with Gasteiger partial charge in [-0.1, -0.05) is 25.1 Å². The zero-order chi connectivity index (χ0) is 22.0. The van der Waals surface area contributed by atoms with E-state index >= 15 is 0 Å². The molecule has 31 heavy (non-hydrogen) atoms. The number of aliphatic carboxylic acids is 1. The van der Waals surface area contributed by atoms with Gasteiger partial charge in [0.25, 0.3) is 0 Å². The van der Waals surface area contributed by atoms with Crippen molar-refractivity contribution < 1.29 is 24.1 Å². The van der Waals surface area contributed by atoms with Gasteiger partial charge >= 0.3 is 5.97 Å². The Hall–Kier alpha value is -2.69. The Balaban J connectivity index is 1.30. The van der Waals surface area contributed by atoms with Crippen LogP contribution in [0.25, 0.3) is 0 Å². The summed E-state index contributed by atoms with van der Waals surface area (Å²) in [6, 6.07) is 14.0. The van der Waals surface area contributed by atoms with Crippen molar-refractivity contribution in [1.82, 2.24) is 0 Å². The van der Waals surface area contributed by atoms with Crippen molar-refractivity contribution in [3.05, 3.63) is 53.6 Å². The molecule has 2 aromatic carbocycles. The van der Waals surface area contributed by atoms with Crippen LogP contribution in [0.1, 0.15) is 49.7 Å². The molecule has 4 rings (SSSR count). The smallest absolute Gasteiger partial charge is 0.306 e. The second kappa shape index (κ2) is 9.21. The molecule has 0 bridgehead atoms.